The van der Waals surface area contributed by atoms with E-state index in [1.807, 2.05) is 7.05 Å². The van der Waals surface area contributed by atoms with Crippen molar-refractivity contribution < 1.29 is 4.79 Å². The first-order valence-corrected chi connectivity index (χ1v) is 6.29. The van der Waals surface area contributed by atoms with Crippen molar-refractivity contribution in [2.24, 2.45) is 0 Å². The molecule has 0 spiro atoms. The molecule has 1 saturated carbocycles. The summed E-state index contributed by atoms with van der Waals surface area (Å²) < 4.78 is 0. The minimum absolute atomic E-state index is 0.111. The number of likely N-dealkylation sites (tertiary alicyclic amines) is 1. The molecule has 1 unspecified atom stereocenters. The molecule has 0 bridgehead atoms. The predicted octanol–water partition coefficient (Wildman–Crippen LogP) is 0.579. The van der Waals surface area contributed by atoms with Crippen LogP contribution in [-0.2, 0) is 4.79 Å². The summed E-state index contributed by atoms with van der Waals surface area (Å²) >= 11 is 0. The van der Waals surface area contributed by atoms with Gasteiger partial charge >= 0.3 is 0 Å². The molecule has 0 aromatic carbocycles. The highest BCUT2D eigenvalue weighted by molar-refractivity contribution is 5.86. The molecule has 3 N–H and O–H groups in total. The average Bonchev–Trinajstić information content (AvgIpc) is 3.12. The van der Waals surface area contributed by atoms with Gasteiger partial charge in [-0.2, -0.15) is 0 Å². The monoisotopic (exact) mass is 247 g/mol. The van der Waals surface area contributed by atoms with Crippen molar-refractivity contribution in [3.63, 3.8) is 0 Å². The molecule has 1 aromatic heterocycles. The Morgan fingerprint density at radius 1 is 1.39 bits per heavy atom. The van der Waals surface area contributed by atoms with Crippen LogP contribution in [-0.4, -0.2) is 40.4 Å². The summed E-state index contributed by atoms with van der Waals surface area (Å²) in [7, 11) is 1.81. The quantitative estimate of drug-likeness (QED) is 0.816. The third-order valence-corrected chi connectivity index (χ3v) is 3.46. The molecule has 0 radical (unpaired) electrons. The van der Waals surface area contributed by atoms with Crippen LogP contribution in [0, 0.1) is 0 Å². The van der Waals surface area contributed by atoms with Gasteiger partial charge in [0.2, 0.25) is 5.91 Å². The number of nitrogen functional groups attached to an aromatic ring is 1. The summed E-state index contributed by atoms with van der Waals surface area (Å²) in [5.74, 6) is 2.50. The Bertz CT molecular complexity index is 485. The van der Waals surface area contributed by atoms with Crippen molar-refractivity contribution in [3.05, 3.63) is 11.9 Å². The normalized spacial score (nSPS) is 23.5. The van der Waals surface area contributed by atoms with E-state index in [0.717, 1.165) is 31.6 Å². The lowest BCUT2D eigenvalue weighted by molar-refractivity contribution is -0.127. The topological polar surface area (TPSA) is 84.1 Å². The zero-order valence-corrected chi connectivity index (χ0v) is 10.4. The van der Waals surface area contributed by atoms with Crippen LogP contribution in [0.15, 0.2) is 6.07 Å². The van der Waals surface area contributed by atoms with Crippen LogP contribution in [0.2, 0.25) is 0 Å². The standard InChI is InChI=1S/C12H17N5O/c1-17-5-4-8(12(17)18)14-10-6-9(13)15-11(16-10)7-2-3-7/h6-8H,2-5H2,1H3,(H3,13,14,15,16). The summed E-state index contributed by atoms with van der Waals surface area (Å²) in [5, 5.41) is 3.16. The number of nitrogens with one attached hydrogen (secondary N) is 1. The van der Waals surface area contributed by atoms with E-state index >= 15 is 0 Å². The number of rotatable bonds is 3. The lowest BCUT2D eigenvalue weighted by Crippen LogP contribution is -2.31. The molecule has 2 aliphatic rings. The number of anilines is 2. The molecule has 6 heteroatoms. The third-order valence-electron chi connectivity index (χ3n) is 3.46. The van der Waals surface area contributed by atoms with Crippen molar-refractivity contribution in [1.29, 1.82) is 0 Å². The summed E-state index contributed by atoms with van der Waals surface area (Å²) in [6.07, 6.45) is 3.07. The van der Waals surface area contributed by atoms with E-state index in [4.69, 9.17) is 5.73 Å². The Kier molecular flexibility index (Phi) is 2.57. The number of carbonyl (C=O) groups excluding carboxylic acids is 1. The molecule has 1 aliphatic heterocycles. The first kappa shape index (κ1) is 11.3. The average molecular weight is 247 g/mol. The molecule has 1 amide bonds. The van der Waals surface area contributed by atoms with Crippen LogP contribution in [0.5, 0.6) is 0 Å². The highest BCUT2D eigenvalue weighted by Crippen LogP contribution is 2.38. The van der Waals surface area contributed by atoms with E-state index in [1.165, 1.54) is 0 Å². The van der Waals surface area contributed by atoms with E-state index in [9.17, 15) is 4.79 Å². The van der Waals surface area contributed by atoms with Gasteiger partial charge in [0.1, 0.15) is 23.5 Å². The lowest BCUT2D eigenvalue weighted by Gasteiger charge is -2.13. The third kappa shape index (κ3) is 2.10. The van der Waals surface area contributed by atoms with Crippen LogP contribution in [0.25, 0.3) is 0 Å². The van der Waals surface area contributed by atoms with Gasteiger partial charge in [-0.25, -0.2) is 9.97 Å². The molecular formula is C12H17N5O. The number of nitrogens with two attached hydrogens (primary N) is 1. The van der Waals surface area contributed by atoms with Crippen LogP contribution in [0.3, 0.4) is 0 Å². The lowest BCUT2D eigenvalue weighted by atomic mass is 10.2. The number of aromatic nitrogens is 2. The van der Waals surface area contributed by atoms with Gasteiger partial charge in [0.15, 0.2) is 0 Å². The number of carbonyl (C=O) groups is 1. The van der Waals surface area contributed by atoms with E-state index in [0.29, 0.717) is 17.6 Å². The zero-order valence-electron chi connectivity index (χ0n) is 10.4. The van der Waals surface area contributed by atoms with Crippen molar-refractivity contribution in [3.8, 4) is 0 Å². The summed E-state index contributed by atoms with van der Waals surface area (Å²) in [6, 6.07) is 1.51. The number of likely N-dealkylation sites (N-methyl/N-ethyl adjacent to an activating group) is 1. The van der Waals surface area contributed by atoms with Crippen LogP contribution in [0.1, 0.15) is 31.0 Å². The fourth-order valence-electron chi connectivity index (χ4n) is 2.22. The fraction of sp³-hybridized carbons (Fsp3) is 0.583. The maximum atomic E-state index is 11.8. The smallest absolute Gasteiger partial charge is 0.244 e. The van der Waals surface area contributed by atoms with E-state index < -0.39 is 0 Å². The molecule has 2 heterocycles. The molecule has 96 valence electrons. The molecule has 18 heavy (non-hydrogen) atoms. The second-order valence-electron chi connectivity index (χ2n) is 5.06. The van der Waals surface area contributed by atoms with Gasteiger partial charge in [0.05, 0.1) is 0 Å². The number of hydrogen-bond donors (Lipinski definition) is 2. The molecule has 1 saturated heterocycles. The maximum Gasteiger partial charge on any atom is 0.244 e. The van der Waals surface area contributed by atoms with E-state index in [-0.39, 0.29) is 11.9 Å². The van der Waals surface area contributed by atoms with Gasteiger partial charge in [0, 0.05) is 25.6 Å². The molecule has 1 atom stereocenters. The highest BCUT2D eigenvalue weighted by Gasteiger charge is 2.30. The van der Waals surface area contributed by atoms with Crippen LogP contribution >= 0.6 is 0 Å². The highest BCUT2D eigenvalue weighted by atomic mass is 16.2. The first-order chi connectivity index (χ1) is 8.63. The predicted molar refractivity (Wildman–Crippen MR) is 68.1 cm³/mol. The number of amides is 1. The molecule has 1 aromatic rings. The van der Waals surface area contributed by atoms with Gasteiger partial charge < -0.3 is 16.0 Å². The number of hydrogen-bond acceptors (Lipinski definition) is 5. The fourth-order valence-corrected chi connectivity index (χ4v) is 2.22. The second-order valence-corrected chi connectivity index (χ2v) is 5.06. The Morgan fingerprint density at radius 3 is 2.78 bits per heavy atom. The van der Waals surface area contributed by atoms with Gasteiger partial charge in [-0.05, 0) is 19.3 Å². The molecule has 3 rings (SSSR count). The van der Waals surface area contributed by atoms with Gasteiger partial charge in [-0.1, -0.05) is 0 Å². The first-order valence-electron chi connectivity index (χ1n) is 6.29. The van der Waals surface area contributed by atoms with Crippen molar-refractivity contribution in [2.75, 3.05) is 24.6 Å². The maximum absolute atomic E-state index is 11.8. The Morgan fingerprint density at radius 2 is 2.17 bits per heavy atom. The van der Waals surface area contributed by atoms with Gasteiger partial charge in [-0.3, -0.25) is 4.79 Å². The SMILES string of the molecule is CN1CCC(Nc2cc(N)nc(C3CC3)n2)C1=O. The molecular weight excluding hydrogens is 230 g/mol. The van der Waals surface area contributed by atoms with Crippen LogP contribution in [0.4, 0.5) is 11.6 Å². The molecule has 1 aliphatic carbocycles. The second kappa shape index (κ2) is 4.12. The zero-order chi connectivity index (χ0) is 12.7. The van der Waals surface area contributed by atoms with Crippen molar-refractivity contribution >= 4 is 17.5 Å². The minimum Gasteiger partial charge on any atom is -0.384 e. The Hall–Kier alpha value is -1.85. The number of nitrogens with zero attached hydrogens (tertiary/aromatic N) is 3. The molecule has 2 fully saturated rings. The largest absolute Gasteiger partial charge is 0.384 e. The Balaban J connectivity index is 1.78. The summed E-state index contributed by atoms with van der Waals surface area (Å²) in [4.78, 5) is 22.2. The summed E-state index contributed by atoms with van der Waals surface area (Å²) in [5.41, 5.74) is 5.77. The van der Waals surface area contributed by atoms with Gasteiger partial charge in [0.25, 0.3) is 0 Å². The Labute approximate surface area is 106 Å². The van der Waals surface area contributed by atoms with Crippen LogP contribution < -0.4 is 11.1 Å². The minimum atomic E-state index is -0.184. The molecule has 6 nitrogen and oxygen atoms in total. The van der Waals surface area contributed by atoms with E-state index in [2.05, 4.69) is 15.3 Å². The van der Waals surface area contributed by atoms with Gasteiger partial charge in [-0.15, -0.1) is 0 Å². The summed E-state index contributed by atoms with van der Waals surface area (Å²) in [6.45, 7) is 0.784. The van der Waals surface area contributed by atoms with E-state index in [1.54, 1.807) is 11.0 Å². The van der Waals surface area contributed by atoms with Crippen molar-refractivity contribution in [1.82, 2.24) is 14.9 Å². The van der Waals surface area contributed by atoms with Crippen molar-refractivity contribution in [2.45, 2.75) is 31.2 Å².